The van der Waals surface area contributed by atoms with E-state index in [1.807, 2.05) is 53.0 Å². The third-order valence-electron chi connectivity index (χ3n) is 5.22. The van der Waals surface area contributed by atoms with Crippen molar-refractivity contribution in [2.24, 2.45) is 7.05 Å². The molecule has 1 atom stereocenters. The van der Waals surface area contributed by atoms with Crippen molar-refractivity contribution >= 4 is 5.91 Å². The van der Waals surface area contributed by atoms with Crippen LogP contribution in [0.25, 0.3) is 0 Å². The van der Waals surface area contributed by atoms with Crippen LogP contribution in [0.3, 0.4) is 0 Å². The summed E-state index contributed by atoms with van der Waals surface area (Å²) in [4.78, 5) is 18.8. The van der Waals surface area contributed by atoms with Gasteiger partial charge in [-0.3, -0.25) is 4.79 Å². The van der Waals surface area contributed by atoms with Crippen LogP contribution in [0, 0.1) is 0 Å². The number of imidazole rings is 1. The molecule has 2 aromatic heterocycles. The minimum absolute atomic E-state index is 0.187. The molecular formula is C20H24N6O. The molecule has 0 aliphatic carbocycles. The molecule has 1 aliphatic rings. The Bertz CT molecular complexity index is 887. The van der Waals surface area contributed by atoms with Gasteiger partial charge in [0.1, 0.15) is 5.82 Å². The molecule has 4 rings (SSSR count). The zero-order chi connectivity index (χ0) is 18.6. The first-order valence-electron chi connectivity index (χ1n) is 9.36. The molecule has 0 bridgehead atoms. The molecule has 3 aromatic rings. The number of aromatic nitrogens is 5. The third kappa shape index (κ3) is 3.92. The van der Waals surface area contributed by atoms with Gasteiger partial charge in [0.25, 0.3) is 0 Å². The summed E-state index contributed by atoms with van der Waals surface area (Å²) in [5.41, 5.74) is 1.06. The van der Waals surface area contributed by atoms with Crippen molar-refractivity contribution < 1.29 is 4.79 Å². The standard InChI is InChI=1S/C20H24N6O/c1-24-18(14-25-11-9-21-15-25)22-23-20(24)17-8-5-10-26(13-17)19(27)12-16-6-3-2-4-7-16/h2-4,6-7,9,11,15,17H,5,8,10,12-14H2,1H3. The molecule has 1 amide bonds. The van der Waals surface area contributed by atoms with Gasteiger partial charge in [0.05, 0.1) is 19.3 Å². The van der Waals surface area contributed by atoms with Gasteiger partial charge in [0, 0.05) is 38.4 Å². The van der Waals surface area contributed by atoms with Crippen LogP contribution in [-0.2, 0) is 24.8 Å². The Morgan fingerprint density at radius 2 is 2.07 bits per heavy atom. The molecule has 0 N–H and O–H groups in total. The number of rotatable bonds is 5. The van der Waals surface area contributed by atoms with Crippen molar-refractivity contribution in [2.75, 3.05) is 13.1 Å². The first kappa shape index (κ1) is 17.5. The number of hydrogen-bond acceptors (Lipinski definition) is 4. The molecule has 27 heavy (non-hydrogen) atoms. The number of carbonyl (C=O) groups is 1. The van der Waals surface area contributed by atoms with Crippen LogP contribution in [0.5, 0.6) is 0 Å². The number of piperidine rings is 1. The lowest BCUT2D eigenvalue weighted by Crippen LogP contribution is -2.40. The fourth-order valence-electron chi connectivity index (χ4n) is 3.71. The lowest BCUT2D eigenvalue weighted by molar-refractivity contribution is -0.131. The van der Waals surface area contributed by atoms with E-state index in [2.05, 4.69) is 19.7 Å². The van der Waals surface area contributed by atoms with E-state index < -0.39 is 0 Å². The Kier molecular flexibility index (Phi) is 5.00. The second-order valence-electron chi connectivity index (χ2n) is 7.11. The summed E-state index contributed by atoms with van der Waals surface area (Å²) in [6.07, 6.45) is 7.94. The van der Waals surface area contributed by atoms with Gasteiger partial charge < -0.3 is 14.0 Å². The van der Waals surface area contributed by atoms with Gasteiger partial charge in [-0.25, -0.2) is 4.98 Å². The largest absolute Gasteiger partial charge is 0.342 e. The van der Waals surface area contributed by atoms with E-state index in [0.717, 1.165) is 36.6 Å². The van der Waals surface area contributed by atoms with E-state index in [9.17, 15) is 4.79 Å². The van der Waals surface area contributed by atoms with Crippen LogP contribution < -0.4 is 0 Å². The number of benzene rings is 1. The predicted octanol–water partition coefficient (Wildman–Crippen LogP) is 2.01. The molecule has 140 valence electrons. The summed E-state index contributed by atoms with van der Waals surface area (Å²) < 4.78 is 4.04. The maximum absolute atomic E-state index is 12.7. The monoisotopic (exact) mass is 364 g/mol. The molecule has 1 unspecified atom stereocenters. The quantitative estimate of drug-likeness (QED) is 0.694. The minimum atomic E-state index is 0.187. The fourth-order valence-corrected chi connectivity index (χ4v) is 3.71. The van der Waals surface area contributed by atoms with Crippen molar-refractivity contribution in [3.63, 3.8) is 0 Å². The van der Waals surface area contributed by atoms with Gasteiger partial charge in [-0.05, 0) is 18.4 Å². The Balaban J connectivity index is 1.44. The molecule has 0 saturated carbocycles. The van der Waals surface area contributed by atoms with Gasteiger partial charge in [0.15, 0.2) is 5.82 Å². The van der Waals surface area contributed by atoms with Crippen molar-refractivity contribution in [3.05, 3.63) is 66.3 Å². The molecule has 1 aliphatic heterocycles. The summed E-state index contributed by atoms with van der Waals surface area (Å²) in [5, 5.41) is 8.80. The Morgan fingerprint density at radius 1 is 1.22 bits per heavy atom. The summed E-state index contributed by atoms with van der Waals surface area (Å²) in [5.74, 6) is 2.28. The highest BCUT2D eigenvalue weighted by molar-refractivity contribution is 5.78. The average molecular weight is 364 g/mol. The number of carbonyl (C=O) groups excluding carboxylic acids is 1. The Labute approximate surface area is 158 Å². The van der Waals surface area contributed by atoms with Crippen LogP contribution in [0.4, 0.5) is 0 Å². The SMILES string of the molecule is Cn1c(Cn2ccnc2)nnc1C1CCCN(C(=O)Cc2ccccc2)C1. The van der Waals surface area contributed by atoms with E-state index in [1.165, 1.54) is 0 Å². The summed E-state index contributed by atoms with van der Waals surface area (Å²) in [7, 11) is 2.01. The maximum Gasteiger partial charge on any atom is 0.227 e. The van der Waals surface area contributed by atoms with Gasteiger partial charge in [0.2, 0.25) is 5.91 Å². The van der Waals surface area contributed by atoms with Crippen molar-refractivity contribution in [1.82, 2.24) is 29.2 Å². The topological polar surface area (TPSA) is 68.8 Å². The first-order chi connectivity index (χ1) is 13.2. The van der Waals surface area contributed by atoms with Crippen molar-refractivity contribution in [1.29, 1.82) is 0 Å². The molecule has 3 heterocycles. The number of hydrogen-bond donors (Lipinski definition) is 0. The highest BCUT2D eigenvalue weighted by Crippen LogP contribution is 2.26. The van der Waals surface area contributed by atoms with Crippen molar-refractivity contribution in [3.8, 4) is 0 Å². The van der Waals surface area contributed by atoms with Gasteiger partial charge >= 0.3 is 0 Å². The summed E-state index contributed by atoms with van der Waals surface area (Å²) in [6.45, 7) is 2.18. The normalized spacial score (nSPS) is 17.2. The Hall–Kier alpha value is -2.96. The van der Waals surface area contributed by atoms with Gasteiger partial charge in [-0.1, -0.05) is 30.3 Å². The van der Waals surface area contributed by atoms with Crippen LogP contribution in [-0.4, -0.2) is 48.2 Å². The molecule has 1 fully saturated rings. The fraction of sp³-hybridized carbons (Fsp3) is 0.400. The second-order valence-corrected chi connectivity index (χ2v) is 7.11. The van der Waals surface area contributed by atoms with E-state index >= 15 is 0 Å². The van der Waals surface area contributed by atoms with Crippen molar-refractivity contribution in [2.45, 2.75) is 31.7 Å². The van der Waals surface area contributed by atoms with Crippen LogP contribution in [0.2, 0.25) is 0 Å². The Morgan fingerprint density at radius 3 is 2.85 bits per heavy atom. The van der Waals surface area contributed by atoms with E-state index in [1.54, 1.807) is 12.5 Å². The molecule has 0 spiro atoms. The van der Waals surface area contributed by atoms with E-state index in [4.69, 9.17) is 0 Å². The van der Waals surface area contributed by atoms with E-state index in [0.29, 0.717) is 19.5 Å². The molecule has 7 heteroatoms. The average Bonchev–Trinajstić information content (AvgIpc) is 3.33. The summed E-state index contributed by atoms with van der Waals surface area (Å²) >= 11 is 0. The van der Waals surface area contributed by atoms with Gasteiger partial charge in [-0.15, -0.1) is 10.2 Å². The van der Waals surface area contributed by atoms with Gasteiger partial charge in [-0.2, -0.15) is 0 Å². The maximum atomic E-state index is 12.7. The molecule has 0 radical (unpaired) electrons. The van der Waals surface area contributed by atoms with Crippen LogP contribution in [0.1, 0.15) is 36.0 Å². The predicted molar refractivity (Wildman–Crippen MR) is 101 cm³/mol. The van der Waals surface area contributed by atoms with Crippen LogP contribution >= 0.6 is 0 Å². The lowest BCUT2D eigenvalue weighted by Gasteiger charge is -2.32. The number of nitrogens with zero attached hydrogens (tertiary/aromatic N) is 6. The highest BCUT2D eigenvalue weighted by atomic mass is 16.2. The number of likely N-dealkylation sites (tertiary alicyclic amines) is 1. The van der Waals surface area contributed by atoms with E-state index in [-0.39, 0.29) is 11.8 Å². The zero-order valence-corrected chi connectivity index (χ0v) is 15.5. The molecule has 7 nitrogen and oxygen atoms in total. The summed E-state index contributed by atoms with van der Waals surface area (Å²) in [6, 6.07) is 9.93. The minimum Gasteiger partial charge on any atom is -0.342 e. The smallest absolute Gasteiger partial charge is 0.227 e. The van der Waals surface area contributed by atoms with Crippen LogP contribution in [0.15, 0.2) is 49.1 Å². The molecule has 1 saturated heterocycles. The third-order valence-corrected chi connectivity index (χ3v) is 5.22. The molecule has 1 aromatic carbocycles. The highest BCUT2D eigenvalue weighted by Gasteiger charge is 2.28. The molecular weight excluding hydrogens is 340 g/mol. The lowest BCUT2D eigenvalue weighted by atomic mass is 9.96. The number of amides is 1. The zero-order valence-electron chi connectivity index (χ0n) is 15.5. The second kappa shape index (κ2) is 7.73. The first-order valence-corrected chi connectivity index (χ1v) is 9.36.